The van der Waals surface area contributed by atoms with Gasteiger partial charge in [0, 0.05) is 11.3 Å². The molecule has 3 heteroatoms. The Morgan fingerprint density at radius 3 is 2.36 bits per heavy atom. The molecule has 2 aromatic rings. The van der Waals surface area contributed by atoms with Gasteiger partial charge in [-0.15, -0.1) is 0 Å². The summed E-state index contributed by atoms with van der Waals surface area (Å²) in [4.78, 5) is 12.8. The van der Waals surface area contributed by atoms with Crippen molar-refractivity contribution in [2.75, 3.05) is 5.32 Å². The predicted octanol–water partition coefficient (Wildman–Crippen LogP) is 2.96. The third kappa shape index (κ3) is 4.18. The summed E-state index contributed by atoms with van der Waals surface area (Å²) >= 11 is 0. The largest absolute Gasteiger partial charge is 0.330 e. The minimum Gasteiger partial charge on any atom is -0.330 e. The van der Waals surface area contributed by atoms with Crippen molar-refractivity contribution in [3.63, 3.8) is 0 Å². The van der Waals surface area contributed by atoms with Crippen molar-refractivity contribution in [3.8, 4) is 0 Å². The molecule has 0 aliphatic heterocycles. The maximum atomic E-state index is 12.8. The third-order valence-corrected chi connectivity index (χ3v) is 3.67. The number of nitrogens with one attached hydrogen (secondary N) is 1. The molecule has 0 unspecified atom stereocenters. The van der Waals surface area contributed by atoms with Crippen LogP contribution in [0.3, 0.4) is 0 Å². The number of nitrogens with two attached hydrogens (primary N) is 1. The Hall–Kier alpha value is -2.13. The quantitative estimate of drug-likeness (QED) is 0.875. The lowest BCUT2D eigenvalue weighted by molar-refractivity contribution is -0.709. The van der Waals surface area contributed by atoms with Gasteiger partial charge in [0.25, 0.3) is 5.91 Å². The lowest BCUT2D eigenvalue weighted by Gasteiger charge is -2.19. The van der Waals surface area contributed by atoms with Gasteiger partial charge < -0.3 is 10.6 Å². The summed E-state index contributed by atoms with van der Waals surface area (Å²) < 4.78 is 0. The summed E-state index contributed by atoms with van der Waals surface area (Å²) in [7, 11) is 0. The van der Waals surface area contributed by atoms with Gasteiger partial charge in [0.1, 0.15) is 0 Å². The van der Waals surface area contributed by atoms with Gasteiger partial charge in [-0.3, -0.25) is 4.79 Å². The van der Waals surface area contributed by atoms with Crippen molar-refractivity contribution >= 4 is 11.6 Å². The van der Waals surface area contributed by atoms with Gasteiger partial charge in [-0.05, 0) is 44.9 Å². The Balaban J connectivity index is 2.24. The average molecular weight is 297 g/mol. The second kappa shape index (κ2) is 7.23. The number of amides is 1. The molecule has 0 spiro atoms. The number of hydrogen-bond donors (Lipinski definition) is 2. The molecule has 1 atom stereocenters. The van der Waals surface area contributed by atoms with E-state index in [9.17, 15) is 4.79 Å². The molecule has 0 aliphatic carbocycles. The number of rotatable bonds is 5. The highest BCUT2D eigenvalue weighted by Crippen LogP contribution is 2.18. The second-order valence-corrected chi connectivity index (χ2v) is 6.13. The maximum Gasteiger partial charge on any atom is 0.287 e. The SMILES string of the molecule is Cc1ccc(C)c(NC(=O)[C@@H]([NH2+]C(C)C)c2ccccc2)c1. The second-order valence-electron chi connectivity index (χ2n) is 6.13. The Bertz CT molecular complexity index is 635. The zero-order valence-electron chi connectivity index (χ0n) is 13.8. The van der Waals surface area contributed by atoms with Crippen LogP contribution in [0.5, 0.6) is 0 Å². The summed E-state index contributed by atoms with van der Waals surface area (Å²) in [5.41, 5.74) is 4.14. The highest BCUT2D eigenvalue weighted by Gasteiger charge is 2.25. The van der Waals surface area contributed by atoms with Crippen LogP contribution in [0.4, 0.5) is 5.69 Å². The molecule has 22 heavy (non-hydrogen) atoms. The first-order valence-electron chi connectivity index (χ1n) is 7.75. The van der Waals surface area contributed by atoms with Crippen molar-refractivity contribution in [2.45, 2.75) is 39.8 Å². The molecule has 0 heterocycles. The van der Waals surface area contributed by atoms with E-state index < -0.39 is 0 Å². The van der Waals surface area contributed by atoms with Gasteiger partial charge in [-0.25, -0.2) is 0 Å². The van der Waals surface area contributed by atoms with Crippen LogP contribution in [-0.2, 0) is 4.79 Å². The highest BCUT2D eigenvalue weighted by atomic mass is 16.2. The summed E-state index contributed by atoms with van der Waals surface area (Å²) in [5, 5.41) is 5.18. The smallest absolute Gasteiger partial charge is 0.287 e. The molecule has 3 nitrogen and oxygen atoms in total. The maximum absolute atomic E-state index is 12.8. The summed E-state index contributed by atoms with van der Waals surface area (Å²) in [6.07, 6.45) is 0. The highest BCUT2D eigenvalue weighted by molar-refractivity contribution is 5.95. The number of carbonyl (C=O) groups excluding carboxylic acids is 1. The number of benzene rings is 2. The van der Waals surface area contributed by atoms with E-state index in [0.29, 0.717) is 6.04 Å². The number of anilines is 1. The Kier molecular flexibility index (Phi) is 5.34. The van der Waals surface area contributed by atoms with Crippen LogP contribution in [-0.4, -0.2) is 11.9 Å². The van der Waals surface area contributed by atoms with Crippen LogP contribution in [0, 0.1) is 13.8 Å². The van der Waals surface area contributed by atoms with E-state index in [-0.39, 0.29) is 11.9 Å². The Morgan fingerprint density at radius 1 is 1.05 bits per heavy atom. The fraction of sp³-hybridized carbons (Fsp3) is 0.316. The minimum absolute atomic E-state index is 0.0219. The van der Waals surface area contributed by atoms with Crippen LogP contribution in [0.2, 0.25) is 0 Å². The van der Waals surface area contributed by atoms with Crippen molar-refractivity contribution in [2.24, 2.45) is 0 Å². The summed E-state index contributed by atoms with van der Waals surface area (Å²) in [6.45, 7) is 8.24. The fourth-order valence-corrected chi connectivity index (χ4v) is 2.48. The van der Waals surface area contributed by atoms with Crippen LogP contribution in [0.25, 0.3) is 0 Å². The van der Waals surface area contributed by atoms with Crippen LogP contribution < -0.4 is 10.6 Å². The van der Waals surface area contributed by atoms with E-state index in [1.807, 2.05) is 56.3 Å². The van der Waals surface area contributed by atoms with Crippen LogP contribution >= 0.6 is 0 Å². The standard InChI is InChI=1S/C19H24N2O/c1-13(2)20-18(16-8-6-5-7-9-16)19(22)21-17-12-14(3)10-11-15(17)4/h5-13,18,20H,1-4H3,(H,21,22)/p+1/t18-/m0/s1. The summed E-state index contributed by atoms with van der Waals surface area (Å²) in [5.74, 6) is 0.0219. The molecule has 0 fully saturated rings. The van der Waals surface area contributed by atoms with Crippen LogP contribution in [0.15, 0.2) is 48.5 Å². The molecule has 116 valence electrons. The van der Waals surface area contributed by atoms with E-state index in [1.165, 1.54) is 0 Å². The molecule has 0 saturated carbocycles. The first-order valence-corrected chi connectivity index (χ1v) is 7.75. The molecule has 2 aromatic carbocycles. The van der Waals surface area contributed by atoms with Crippen molar-refractivity contribution in [3.05, 3.63) is 65.2 Å². The molecule has 0 aromatic heterocycles. The van der Waals surface area contributed by atoms with E-state index in [1.54, 1.807) is 0 Å². The van der Waals surface area contributed by atoms with Gasteiger partial charge in [-0.2, -0.15) is 0 Å². The van der Waals surface area contributed by atoms with Crippen molar-refractivity contribution in [1.29, 1.82) is 0 Å². The van der Waals surface area contributed by atoms with E-state index >= 15 is 0 Å². The zero-order valence-corrected chi connectivity index (χ0v) is 13.8. The Labute approximate surface area is 132 Å². The normalized spacial score (nSPS) is 12.2. The molecule has 0 radical (unpaired) electrons. The average Bonchev–Trinajstić information content (AvgIpc) is 2.49. The minimum atomic E-state index is -0.235. The first kappa shape index (κ1) is 16.2. The van der Waals surface area contributed by atoms with E-state index in [2.05, 4.69) is 30.5 Å². The van der Waals surface area contributed by atoms with Crippen molar-refractivity contribution < 1.29 is 10.1 Å². The molecular weight excluding hydrogens is 272 g/mol. The third-order valence-electron chi connectivity index (χ3n) is 3.67. The van der Waals surface area contributed by atoms with E-state index in [0.717, 1.165) is 22.4 Å². The van der Waals surface area contributed by atoms with Crippen molar-refractivity contribution in [1.82, 2.24) is 0 Å². The fourth-order valence-electron chi connectivity index (χ4n) is 2.48. The lowest BCUT2D eigenvalue weighted by atomic mass is 10.0. The van der Waals surface area contributed by atoms with Crippen LogP contribution in [0.1, 0.15) is 36.6 Å². The van der Waals surface area contributed by atoms with Gasteiger partial charge in [0.05, 0.1) is 6.04 Å². The first-order chi connectivity index (χ1) is 10.5. The topological polar surface area (TPSA) is 45.7 Å². The molecule has 3 N–H and O–H groups in total. The van der Waals surface area contributed by atoms with E-state index in [4.69, 9.17) is 0 Å². The molecule has 2 rings (SSSR count). The molecule has 1 amide bonds. The predicted molar refractivity (Wildman–Crippen MR) is 90.8 cm³/mol. The molecular formula is C19H25N2O+. The monoisotopic (exact) mass is 297 g/mol. The van der Waals surface area contributed by atoms with Gasteiger partial charge in [0.15, 0.2) is 6.04 Å². The zero-order chi connectivity index (χ0) is 16.1. The summed E-state index contributed by atoms with van der Waals surface area (Å²) in [6, 6.07) is 16.1. The van der Waals surface area contributed by atoms with Gasteiger partial charge in [-0.1, -0.05) is 42.5 Å². The number of carbonyl (C=O) groups is 1. The Morgan fingerprint density at radius 2 is 1.73 bits per heavy atom. The van der Waals surface area contributed by atoms with Gasteiger partial charge >= 0.3 is 0 Å². The number of quaternary nitrogens is 1. The molecule has 0 saturated heterocycles. The number of hydrogen-bond acceptors (Lipinski definition) is 1. The molecule has 0 aliphatic rings. The van der Waals surface area contributed by atoms with Gasteiger partial charge in [0.2, 0.25) is 0 Å². The number of aryl methyl sites for hydroxylation is 2. The lowest BCUT2D eigenvalue weighted by Crippen LogP contribution is -2.91. The molecule has 0 bridgehead atoms.